The predicted octanol–water partition coefficient (Wildman–Crippen LogP) is 2.21. The number of halogens is 1. The molecule has 0 spiro atoms. The zero-order valence-corrected chi connectivity index (χ0v) is 10.7. The molecule has 0 saturated heterocycles. The van der Waals surface area contributed by atoms with Gasteiger partial charge >= 0.3 is 0 Å². The summed E-state index contributed by atoms with van der Waals surface area (Å²) in [6, 6.07) is 5.27. The Morgan fingerprint density at radius 2 is 2.22 bits per heavy atom. The second kappa shape index (κ2) is 5.73. The van der Waals surface area contributed by atoms with Gasteiger partial charge in [-0.2, -0.15) is 0 Å². The van der Waals surface area contributed by atoms with Gasteiger partial charge in [0.1, 0.15) is 5.69 Å². The monoisotopic (exact) mass is 248 g/mol. The van der Waals surface area contributed by atoms with Crippen LogP contribution in [0.2, 0.25) is 0 Å². The first-order valence-corrected chi connectivity index (χ1v) is 6.09. The molecule has 1 heterocycles. The summed E-state index contributed by atoms with van der Waals surface area (Å²) in [6.45, 7) is 5.39. The molecule has 5 heteroatoms. The number of aromatic nitrogens is 3. The first-order chi connectivity index (χ1) is 8.74. The van der Waals surface area contributed by atoms with Crippen LogP contribution >= 0.6 is 0 Å². The van der Waals surface area contributed by atoms with Crippen LogP contribution in [0.15, 0.2) is 24.4 Å². The second-order valence-corrected chi connectivity index (χ2v) is 4.22. The van der Waals surface area contributed by atoms with Crippen LogP contribution in [0.1, 0.15) is 24.6 Å². The van der Waals surface area contributed by atoms with Gasteiger partial charge in [0.25, 0.3) is 0 Å². The molecule has 0 saturated carbocycles. The van der Waals surface area contributed by atoms with Crippen molar-refractivity contribution in [1.29, 1.82) is 0 Å². The summed E-state index contributed by atoms with van der Waals surface area (Å²) in [4.78, 5) is 0. The van der Waals surface area contributed by atoms with Crippen LogP contribution in [-0.4, -0.2) is 21.5 Å². The van der Waals surface area contributed by atoms with Gasteiger partial charge in [-0.05, 0) is 31.5 Å². The molecule has 1 N–H and O–H groups in total. The number of rotatable bonds is 5. The molecule has 0 aliphatic rings. The van der Waals surface area contributed by atoms with Crippen molar-refractivity contribution in [2.75, 3.05) is 6.54 Å². The molecular formula is C13H17FN4. The first kappa shape index (κ1) is 12.7. The zero-order valence-electron chi connectivity index (χ0n) is 10.7. The zero-order chi connectivity index (χ0) is 13.0. The van der Waals surface area contributed by atoms with E-state index in [1.165, 1.54) is 0 Å². The van der Waals surface area contributed by atoms with E-state index in [9.17, 15) is 4.39 Å². The number of aryl methyl sites for hydroxylation is 1. The number of benzene rings is 1. The van der Waals surface area contributed by atoms with E-state index in [1.54, 1.807) is 29.9 Å². The molecule has 4 nitrogen and oxygen atoms in total. The molecule has 1 aromatic carbocycles. The van der Waals surface area contributed by atoms with E-state index in [-0.39, 0.29) is 5.82 Å². The van der Waals surface area contributed by atoms with Crippen LogP contribution < -0.4 is 5.32 Å². The number of hydrogen-bond donors (Lipinski definition) is 1. The molecule has 0 unspecified atom stereocenters. The third-order valence-corrected chi connectivity index (χ3v) is 2.75. The predicted molar refractivity (Wildman–Crippen MR) is 68.1 cm³/mol. The Bertz CT molecular complexity index is 521. The Morgan fingerprint density at radius 3 is 3.00 bits per heavy atom. The van der Waals surface area contributed by atoms with Crippen molar-refractivity contribution in [2.45, 2.75) is 26.8 Å². The summed E-state index contributed by atoms with van der Waals surface area (Å²) < 4.78 is 15.6. The highest BCUT2D eigenvalue weighted by Gasteiger charge is 2.11. The fourth-order valence-corrected chi connectivity index (χ4v) is 1.77. The lowest BCUT2D eigenvalue weighted by atomic mass is 10.2. The third kappa shape index (κ3) is 2.56. The van der Waals surface area contributed by atoms with E-state index in [0.29, 0.717) is 17.8 Å². The molecule has 18 heavy (non-hydrogen) atoms. The summed E-state index contributed by atoms with van der Waals surface area (Å²) in [5, 5.41) is 11.1. The molecule has 2 rings (SSSR count). The van der Waals surface area contributed by atoms with Crippen LogP contribution in [0.25, 0.3) is 5.69 Å². The van der Waals surface area contributed by atoms with Gasteiger partial charge in [-0.15, -0.1) is 5.10 Å². The van der Waals surface area contributed by atoms with Gasteiger partial charge in [-0.3, -0.25) is 0 Å². The highest BCUT2D eigenvalue weighted by Crippen LogP contribution is 2.17. The topological polar surface area (TPSA) is 42.7 Å². The van der Waals surface area contributed by atoms with E-state index >= 15 is 0 Å². The van der Waals surface area contributed by atoms with Crippen molar-refractivity contribution < 1.29 is 4.39 Å². The summed E-state index contributed by atoms with van der Waals surface area (Å²) in [7, 11) is 0. The summed E-state index contributed by atoms with van der Waals surface area (Å²) in [5.74, 6) is -0.250. The molecule has 1 aromatic heterocycles. The normalized spacial score (nSPS) is 10.8. The second-order valence-electron chi connectivity index (χ2n) is 4.22. The lowest BCUT2D eigenvalue weighted by Crippen LogP contribution is -2.17. The largest absolute Gasteiger partial charge is 0.311 e. The summed E-state index contributed by atoms with van der Waals surface area (Å²) in [6.07, 6.45) is 2.71. The maximum Gasteiger partial charge on any atom is 0.151 e. The minimum atomic E-state index is -0.250. The number of hydrogen-bond acceptors (Lipinski definition) is 3. The molecule has 96 valence electrons. The minimum Gasteiger partial charge on any atom is -0.311 e. The lowest BCUT2D eigenvalue weighted by Gasteiger charge is -2.09. The smallest absolute Gasteiger partial charge is 0.151 e. The van der Waals surface area contributed by atoms with Crippen molar-refractivity contribution >= 4 is 0 Å². The van der Waals surface area contributed by atoms with Gasteiger partial charge in [0, 0.05) is 6.54 Å². The maximum atomic E-state index is 14.0. The van der Waals surface area contributed by atoms with E-state index in [4.69, 9.17) is 0 Å². The lowest BCUT2D eigenvalue weighted by molar-refractivity contribution is 0.585. The van der Waals surface area contributed by atoms with Crippen LogP contribution in [0.3, 0.4) is 0 Å². The highest BCUT2D eigenvalue weighted by atomic mass is 19.1. The van der Waals surface area contributed by atoms with Gasteiger partial charge in [0.15, 0.2) is 5.82 Å². The fourth-order valence-electron chi connectivity index (χ4n) is 1.77. The van der Waals surface area contributed by atoms with E-state index < -0.39 is 0 Å². The maximum absolute atomic E-state index is 14.0. The number of nitrogens with zero attached hydrogens (tertiary/aromatic N) is 3. The van der Waals surface area contributed by atoms with Crippen molar-refractivity contribution in [2.24, 2.45) is 0 Å². The van der Waals surface area contributed by atoms with Gasteiger partial charge in [0.05, 0.1) is 11.9 Å². The average molecular weight is 248 g/mol. The van der Waals surface area contributed by atoms with Crippen molar-refractivity contribution in [1.82, 2.24) is 20.3 Å². The number of nitrogens with one attached hydrogen (secondary N) is 1. The Morgan fingerprint density at radius 1 is 1.39 bits per heavy atom. The first-order valence-electron chi connectivity index (χ1n) is 6.09. The Hall–Kier alpha value is -1.75. The Labute approximate surface area is 106 Å². The van der Waals surface area contributed by atoms with Crippen molar-refractivity contribution in [3.05, 3.63) is 41.5 Å². The van der Waals surface area contributed by atoms with Gasteiger partial charge in [0.2, 0.25) is 0 Å². The third-order valence-electron chi connectivity index (χ3n) is 2.75. The molecule has 0 aliphatic heterocycles. The molecule has 0 aliphatic carbocycles. The molecule has 0 radical (unpaired) electrons. The Balaban J connectivity index is 2.28. The highest BCUT2D eigenvalue weighted by molar-refractivity contribution is 5.37. The fraction of sp³-hybridized carbons (Fsp3) is 0.385. The standard InChI is InChI=1S/C13H17FN4/c1-3-7-15-8-11-9-16-17-18(11)12-6-4-5-10(2)13(12)14/h4-6,9,15H,3,7-8H2,1-2H3. The van der Waals surface area contributed by atoms with E-state index in [1.807, 2.05) is 6.07 Å². The van der Waals surface area contributed by atoms with Crippen molar-refractivity contribution in [3.63, 3.8) is 0 Å². The molecule has 0 fully saturated rings. The van der Waals surface area contributed by atoms with Crippen molar-refractivity contribution in [3.8, 4) is 5.69 Å². The molecule has 0 atom stereocenters. The molecule has 0 bridgehead atoms. The van der Waals surface area contributed by atoms with Gasteiger partial charge in [-0.25, -0.2) is 9.07 Å². The van der Waals surface area contributed by atoms with Crippen LogP contribution in [0, 0.1) is 12.7 Å². The average Bonchev–Trinajstić information content (AvgIpc) is 2.81. The van der Waals surface area contributed by atoms with Gasteiger partial charge < -0.3 is 5.32 Å². The molecule has 2 aromatic rings. The Kier molecular flexibility index (Phi) is 4.04. The SMILES string of the molecule is CCCNCc1cnnn1-c1cccc(C)c1F. The van der Waals surface area contributed by atoms with Gasteiger partial charge in [-0.1, -0.05) is 24.3 Å². The minimum absolute atomic E-state index is 0.250. The molecular weight excluding hydrogens is 231 g/mol. The van der Waals surface area contributed by atoms with E-state index in [2.05, 4.69) is 22.6 Å². The van der Waals surface area contributed by atoms with Crippen LogP contribution in [-0.2, 0) is 6.54 Å². The van der Waals surface area contributed by atoms with Crippen LogP contribution in [0.4, 0.5) is 4.39 Å². The van der Waals surface area contributed by atoms with Crippen LogP contribution in [0.5, 0.6) is 0 Å². The molecule has 0 amide bonds. The van der Waals surface area contributed by atoms with E-state index in [0.717, 1.165) is 18.7 Å². The summed E-state index contributed by atoms with van der Waals surface area (Å²) >= 11 is 0. The quantitative estimate of drug-likeness (QED) is 0.825. The summed E-state index contributed by atoms with van der Waals surface area (Å²) in [5.41, 5.74) is 1.91.